The number of piperidine rings is 1. The highest BCUT2D eigenvalue weighted by molar-refractivity contribution is 7.14. The van der Waals surface area contributed by atoms with Crippen molar-refractivity contribution in [2.45, 2.75) is 38.6 Å². The zero-order valence-corrected chi connectivity index (χ0v) is 12.2. The summed E-state index contributed by atoms with van der Waals surface area (Å²) in [4.78, 5) is 27.8. The third-order valence-electron chi connectivity index (χ3n) is 3.46. The Morgan fingerprint density at radius 2 is 2.21 bits per heavy atom. The van der Waals surface area contributed by atoms with Crippen molar-refractivity contribution in [3.63, 3.8) is 0 Å². The Bertz CT molecular complexity index is 469. The van der Waals surface area contributed by atoms with Gasteiger partial charge in [-0.1, -0.05) is 6.92 Å². The number of rotatable bonds is 3. The van der Waals surface area contributed by atoms with Gasteiger partial charge < -0.3 is 9.64 Å². The van der Waals surface area contributed by atoms with Crippen molar-refractivity contribution in [1.82, 2.24) is 4.90 Å². The van der Waals surface area contributed by atoms with Crippen molar-refractivity contribution in [1.29, 1.82) is 0 Å². The standard InChI is InChI=1S/C14H19NO3S/c1-3-10-7-8-12(19-10)13(16)15-9-5-4-6-11(15)14(17)18-2/h7-8,11H,3-6,9H2,1-2H3. The van der Waals surface area contributed by atoms with E-state index in [4.69, 9.17) is 4.74 Å². The third kappa shape index (κ3) is 2.97. The molecule has 4 nitrogen and oxygen atoms in total. The molecule has 1 atom stereocenters. The average molecular weight is 281 g/mol. The van der Waals surface area contributed by atoms with E-state index in [2.05, 4.69) is 6.92 Å². The first kappa shape index (κ1) is 14.1. The van der Waals surface area contributed by atoms with Gasteiger partial charge in [-0.25, -0.2) is 4.79 Å². The van der Waals surface area contributed by atoms with Gasteiger partial charge in [0.1, 0.15) is 6.04 Å². The number of carbonyl (C=O) groups is 2. The maximum atomic E-state index is 12.5. The Hall–Kier alpha value is -1.36. The summed E-state index contributed by atoms with van der Waals surface area (Å²) in [5.41, 5.74) is 0. The number of hydrogen-bond acceptors (Lipinski definition) is 4. The second-order valence-electron chi connectivity index (χ2n) is 4.65. The van der Waals surface area contributed by atoms with E-state index in [1.165, 1.54) is 23.3 Å². The van der Waals surface area contributed by atoms with E-state index in [9.17, 15) is 9.59 Å². The van der Waals surface area contributed by atoms with Crippen LogP contribution >= 0.6 is 11.3 Å². The summed E-state index contributed by atoms with van der Waals surface area (Å²) >= 11 is 1.51. The predicted octanol–water partition coefficient (Wildman–Crippen LogP) is 2.48. The molecule has 0 bridgehead atoms. The van der Waals surface area contributed by atoms with Crippen LogP contribution < -0.4 is 0 Å². The zero-order valence-electron chi connectivity index (χ0n) is 11.3. The number of hydrogen-bond donors (Lipinski definition) is 0. The Morgan fingerprint density at radius 3 is 2.84 bits per heavy atom. The second-order valence-corrected chi connectivity index (χ2v) is 5.82. The summed E-state index contributed by atoms with van der Waals surface area (Å²) in [5, 5.41) is 0. The summed E-state index contributed by atoms with van der Waals surface area (Å²) in [7, 11) is 1.37. The summed E-state index contributed by atoms with van der Waals surface area (Å²) in [6.07, 6.45) is 3.54. The minimum absolute atomic E-state index is 0.0419. The number of amides is 1. The average Bonchev–Trinajstić information content (AvgIpc) is 2.94. The van der Waals surface area contributed by atoms with Crippen LogP contribution in [0.4, 0.5) is 0 Å². The highest BCUT2D eigenvalue weighted by Crippen LogP contribution is 2.24. The van der Waals surface area contributed by atoms with Crippen LogP contribution in [0.1, 0.15) is 40.7 Å². The summed E-state index contributed by atoms with van der Waals surface area (Å²) in [6.45, 7) is 2.70. The Labute approximate surface area is 117 Å². The fourth-order valence-corrected chi connectivity index (χ4v) is 3.28. The summed E-state index contributed by atoms with van der Waals surface area (Å²) < 4.78 is 4.80. The van der Waals surface area contributed by atoms with E-state index in [0.717, 1.165) is 19.3 Å². The van der Waals surface area contributed by atoms with Gasteiger partial charge in [-0.15, -0.1) is 11.3 Å². The summed E-state index contributed by atoms with van der Waals surface area (Å²) in [5.74, 6) is -0.347. The van der Waals surface area contributed by atoms with Crippen LogP contribution in [0.5, 0.6) is 0 Å². The van der Waals surface area contributed by atoms with Crippen molar-refractivity contribution >= 4 is 23.2 Å². The highest BCUT2D eigenvalue weighted by Gasteiger charge is 2.33. The lowest BCUT2D eigenvalue weighted by atomic mass is 10.0. The number of likely N-dealkylation sites (tertiary alicyclic amines) is 1. The molecule has 0 saturated carbocycles. The quantitative estimate of drug-likeness (QED) is 0.800. The topological polar surface area (TPSA) is 46.6 Å². The first-order valence-corrected chi connectivity index (χ1v) is 7.46. The van der Waals surface area contributed by atoms with Gasteiger partial charge in [0.25, 0.3) is 5.91 Å². The molecular weight excluding hydrogens is 262 g/mol. The fourth-order valence-electron chi connectivity index (χ4n) is 2.38. The van der Waals surface area contributed by atoms with Crippen LogP contribution in [-0.4, -0.2) is 36.5 Å². The highest BCUT2D eigenvalue weighted by atomic mass is 32.1. The number of methoxy groups -OCH3 is 1. The lowest BCUT2D eigenvalue weighted by Gasteiger charge is -2.33. The van der Waals surface area contributed by atoms with Crippen LogP contribution in [0.2, 0.25) is 0 Å². The minimum atomic E-state index is -0.418. The molecule has 0 N–H and O–H groups in total. The van der Waals surface area contributed by atoms with Gasteiger partial charge in [-0.2, -0.15) is 0 Å². The van der Waals surface area contributed by atoms with E-state index >= 15 is 0 Å². The maximum absolute atomic E-state index is 12.5. The third-order valence-corrected chi connectivity index (χ3v) is 4.68. The van der Waals surface area contributed by atoms with E-state index in [-0.39, 0.29) is 11.9 Å². The van der Waals surface area contributed by atoms with Crippen molar-refractivity contribution in [3.05, 3.63) is 21.9 Å². The molecule has 5 heteroatoms. The smallest absolute Gasteiger partial charge is 0.328 e. The molecule has 1 unspecified atom stereocenters. The molecule has 2 rings (SSSR count). The Morgan fingerprint density at radius 1 is 1.42 bits per heavy atom. The molecule has 1 saturated heterocycles. The van der Waals surface area contributed by atoms with Gasteiger partial charge in [0, 0.05) is 11.4 Å². The summed E-state index contributed by atoms with van der Waals surface area (Å²) in [6, 6.07) is 3.42. The molecule has 1 aliphatic heterocycles. The number of nitrogens with zero attached hydrogens (tertiary/aromatic N) is 1. The lowest BCUT2D eigenvalue weighted by molar-refractivity contribution is -0.147. The van der Waals surface area contributed by atoms with Crippen molar-refractivity contribution in [3.8, 4) is 0 Å². The van der Waals surface area contributed by atoms with Crippen LogP contribution in [0, 0.1) is 0 Å². The molecule has 1 aliphatic rings. The van der Waals surface area contributed by atoms with Gasteiger partial charge in [0.15, 0.2) is 0 Å². The molecule has 1 aromatic rings. The lowest BCUT2D eigenvalue weighted by Crippen LogP contribution is -2.48. The molecule has 1 fully saturated rings. The van der Waals surface area contributed by atoms with Crippen molar-refractivity contribution in [2.24, 2.45) is 0 Å². The van der Waals surface area contributed by atoms with Crippen LogP contribution in [0.15, 0.2) is 12.1 Å². The van der Waals surface area contributed by atoms with Gasteiger partial charge in [0.2, 0.25) is 0 Å². The monoisotopic (exact) mass is 281 g/mol. The van der Waals surface area contributed by atoms with Crippen molar-refractivity contribution < 1.29 is 14.3 Å². The molecule has 0 aliphatic carbocycles. The Balaban J connectivity index is 2.17. The van der Waals surface area contributed by atoms with Crippen LogP contribution in [-0.2, 0) is 16.0 Å². The molecule has 0 radical (unpaired) electrons. The normalized spacial score (nSPS) is 19.3. The molecule has 1 amide bonds. The van der Waals surface area contributed by atoms with Gasteiger partial charge in [0.05, 0.1) is 12.0 Å². The second kappa shape index (κ2) is 6.19. The SMILES string of the molecule is CCc1ccc(C(=O)N2CCCCC2C(=O)OC)s1. The van der Waals surface area contributed by atoms with E-state index < -0.39 is 6.04 Å². The molecular formula is C14H19NO3S. The first-order valence-electron chi connectivity index (χ1n) is 6.65. The molecule has 0 spiro atoms. The first-order chi connectivity index (χ1) is 9.17. The largest absolute Gasteiger partial charge is 0.467 e. The number of carbonyl (C=O) groups excluding carboxylic acids is 2. The van der Waals surface area contributed by atoms with Crippen LogP contribution in [0.25, 0.3) is 0 Å². The van der Waals surface area contributed by atoms with E-state index in [1.807, 2.05) is 12.1 Å². The molecule has 0 aromatic carbocycles. The minimum Gasteiger partial charge on any atom is -0.467 e. The van der Waals surface area contributed by atoms with Gasteiger partial charge in [-0.05, 0) is 37.8 Å². The zero-order chi connectivity index (χ0) is 13.8. The number of thiophene rings is 1. The maximum Gasteiger partial charge on any atom is 0.328 e. The van der Waals surface area contributed by atoms with E-state index in [0.29, 0.717) is 17.8 Å². The number of ether oxygens (including phenoxy) is 1. The Kier molecular flexibility index (Phi) is 4.58. The number of esters is 1. The molecule has 2 heterocycles. The van der Waals surface area contributed by atoms with Gasteiger partial charge >= 0.3 is 5.97 Å². The van der Waals surface area contributed by atoms with Gasteiger partial charge in [-0.3, -0.25) is 4.79 Å². The fraction of sp³-hybridized carbons (Fsp3) is 0.571. The number of aryl methyl sites for hydroxylation is 1. The molecule has 104 valence electrons. The van der Waals surface area contributed by atoms with E-state index in [1.54, 1.807) is 4.90 Å². The predicted molar refractivity (Wildman–Crippen MR) is 74.4 cm³/mol. The molecule has 19 heavy (non-hydrogen) atoms. The van der Waals surface area contributed by atoms with Crippen LogP contribution in [0.3, 0.4) is 0 Å². The molecule has 1 aromatic heterocycles. The van der Waals surface area contributed by atoms with Crippen molar-refractivity contribution in [2.75, 3.05) is 13.7 Å².